The highest BCUT2D eigenvalue weighted by molar-refractivity contribution is 7.21. The molecule has 5 heteroatoms. The maximum Gasteiger partial charge on any atom is 0.268 e. The van der Waals surface area contributed by atoms with Crippen molar-refractivity contribution in [2.24, 2.45) is 0 Å². The number of hydrogen-bond acceptors (Lipinski definition) is 3. The van der Waals surface area contributed by atoms with Gasteiger partial charge in [-0.05, 0) is 47.5 Å². The van der Waals surface area contributed by atoms with Gasteiger partial charge in [0, 0.05) is 28.9 Å². The van der Waals surface area contributed by atoms with Crippen LogP contribution in [0.5, 0.6) is 5.75 Å². The molecule has 0 N–H and O–H groups in total. The average molecular weight is 391 g/mol. The molecule has 28 heavy (non-hydrogen) atoms. The van der Waals surface area contributed by atoms with Crippen molar-refractivity contribution in [3.63, 3.8) is 0 Å². The lowest BCUT2D eigenvalue weighted by atomic mass is 10.0. The zero-order valence-corrected chi connectivity index (χ0v) is 16.3. The number of halogens is 1. The maximum atomic E-state index is 13.3. The minimum absolute atomic E-state index is 0.0838. The number of carbonyl (C=O) groups is 1. The molecule has 4 aromatic rings. The van der Waals surface area contributed by atoms with Gasteiger partial charge in [0.05, 0.1) is 12.0 Å². The number of hydrogen-bond donors (Lipinski definition) is 0. The van der Waals surface area contributed by atoms with Crippen molar-refractivity contribution in [1.82, 2.24) is 0 Å². The Bertz CT molecular complexity index is 1150. The van der Waals surface area contributed by atoms with Gasteiger partial charge < -0.3 is 9.64 Å². The van der Waals surface area contributed by atoms with Crippen LogP contribution in [0.4, 0.5) is 10.1 Å². The monoisotopic (exact) mass is 391 g/mol. The summed E-state index contributed by atoms with van der Waals surface area (Å²) in [5.41, 5.74) is 2.67. The Hall–Kier alpha value is -3.18. The van der Waals surface area contributed by atoms with Gasteiger partial charge in [0.15, 0.2) is 0 Å². The van der Waals surface area contributed by atoms with E-state index in [2.05, 4.69) is 0 Å². The number of fused-ring (bicyclic) bond motifs is 1. The summed E-state index contributed by atoms with van der Waals surface area (Å²) in [5, 5.41) is 0.988. The van der Waals surface area contributed by atoms with Crippen molar-refractivity contribution in [2.45, 2.75) is 0 Å². The summed E-state index contributed by atoms with van der Waals surface area (Å²) in [7, 11) is 3.35. The first-order valence-corrected chi connectivity index (χ1v) is 9.59. The number of ether oxygens (including phenoxy) is 1. The molecule has 3 nitrogen and oxygen atoms in total. The highest BCUT2D eigenvalue weighted by atomic mass is 32.1. The van der Waals surface area contributed by atoms with Crippen LogP contribution < -0.4 is 9.64 Å². The Morgan fingerprint density at radius 2 is 1.75 bits per heavy atom. The largest absolute Gasteiger partial charge is 0.497 e. The molecule has 0 saturated carbocycles. The first kappa shape index (κ1) is 18.2. The topological polar surface area (TPSA) is 29.5 Å². The van der Waals surface area contributed by atoms with Crippen LogP contribution in [-0.4, -0.2) is 20.1 Å². The van der Waals surface area contributed by atoms with Crippen molar-refractivity contribution >= 4 is 33.0 Å². The van der Waals surface area contributed by atoms with Crippen molar-refractivity contribution < 1.29 is 13.9 Å². The highest BCUT2D eigenvalue weighted by Gasteiger charge is 2.18. The Morgan fingerprint density at radius 1 is 1.00 bits per heavy atom. The summed E-state index contributed by atoms with van der Waals surface area (Å²) in [4.78, 5) is 15.3. The SMILES string of the molecule is COc1cccc(N(C)C(=O)c2cc3c(-c4ccc(F)cc4)cccc3s2)c1. The molecular formula is C23H18FNO2S. The zero-order chi connectivity index (χ0) is 19.7. The van der Waals surface area contributed by atoms with Crippen LogP contribution in [0.3, 0.4) is 0 Å². The van der Waals surface area contributed by atoms with E-state index in [1.165, 1.54) is 23.5 Å². The number of methoxy groups -OCH3 is 1. The van der Waals surface area contributed by atoms with Gasteiger partial charge in [-0.2, -0.15) is 0 Å². The lowest BCUT2D eigenvalue weighted by Crippen LogP contribution is -2.25. The van der Waals surface area contributed by atoms with E-state index in [1.54, 1.807) is 31.2 Å². The molecule has 0 unspecified atom stereocenters. The van der Waals surface area contributed by atoms with E-state index in [0.717, 1.165) is 26.9 Å². The zero-order valence-electron chi connectivity index (χ0n) is 15.5. The number of thiophene rings is 1. The summed E-state index contributed by atoms with van der Waals surface area (Å²) >= 11 is 1.45. The first-order chi connectivity index (χ1) is 13.6. The molecule has 0 radical (unpaired) electrons. The molecule has 1 amide bonds. The van der Waals surface area contributed by atoms with Gasteiger partial charge >= 0.3 is 0 Å². The van der Waals surface area contributed by atoms with E-state index in [-0.39, 0.29) is 11.7 Å². The van der Waals surface area contributed by atoms with Crippen LogP contribution in [-0.2, 0) is 0 Å². The second kappa shape index (κ2) is 7.44. The van der Waals surface area contributed by atoms with Gasteiger partial charge in [0.2, 0.25) is 0 Å². The average Bonchev–Trinajstić information content (AvgIpc) is 3.18. The summed E-state index contributed by atoms with van der Waals surface area (Å²) in [6.45, 7) is 0. The Balaban J connectivity index is 1.72. The van der Waals surface area contributed by atoms with E-state index in [4.69, 9.17) is 4.74 Å². The van der Waals surface area contributed by atoms with Crippen LogP contribution >= 0.6 is 11.3 Å². The molecule has 0 saturated heterocycles. The number of carbonyl (C=O) groups excluding carboxylic acids is 1. The van der Waals surface area contributed by atoms with E-state index >= 15 is 0 Å². The number of anilines is 1. The van der Waals surface area contributed by atoms with Crippen LogP contribution in [0.15, 0.2) is 72.8 Å². The minimum atomic E-state index is -0.267. The Morgan fingerprint density at radius 3 is 2.50 bits per heavy atom. The molecule has 0 aliphatic heterocycles. The van der Waals surface area contributed by atoms with Gasteiger partial charge in [0.1, 0.15) is 11.6 Å². The van der Waals surface area contributed by atoms with Crippen LogP contribution in [0, 0.1) is 5.82 Å². The van der Waals surface area contributed by atoms with Crippen LogP contribution in [0.1, 0.15) is 9.67 Å². The molecule has 4 rings (SSSR count). The van der Waals surface area contributed by atoms with Gasteiger partial charge in [0.25, 0.3) is 5.91 Å². The molecule has 140 valence electrons. The molecule has 3 aromatic carbocycles. The molecule has 1 heterocycles. The minimum Gasteiger partial charge on any atom is -0.497 e. The summed E-state index contributed by atoms with van der Waals surface area (Å²) in [5.74, 6) is 0.351. The molecule has 0 atom stereocenters. The van der Waals surface area contributed by atoms with Gasteiger partial charge in [-0.3, -0.25) is 4.79 Å². The molecule has 0 aliphatic rings. The lowest BCUT2D eigenvalue weighted by molar-refractivity contribution is 0.0997. The number of rotatable bonds is 4. The predicted octanol–water partition coefficient (Wildman–Crippen LogP) is 5.99. The van der Waals surface area contributed by atoms with Crippen LogP contribution in [0.2, 0.25) is 0 Å². The highest BCUT2D eigenvalue weighted by Crippen LogP contribution is 2.35. The van der Waals surface area contributed by atoms with Gasteiger partial charge in [-0.25, -0.2) is 4.39 Å². The quantitative estimate of drug-likeness (QED) is 0.427. The van der Waals surface area contributed by atoms with E-state index in [1.807, 2.05) is 48.5 Å². The van der Waals surface area contributed by atoms with E-state index in [9.17, 15) is 9.18 Å². The number of amides is 1. The molecule has 0 fully saturated rings. The van der Waals surface area contributed by atoms with E-state index in [0.29, 0.717) is 10.6 Å². The molecule has 1 aromatic heterocycles. The smallest absolute Gasteiger partial charge is 0.268 e. The standard InChI is InChI=1S/C23H18FNO2S/c1-25(17-5-3-6-18(13-17)27-2)23(26)22-14-20-19(7-4-8-21(20)28-22)15-9-11-16(24)12-10-15/h3-14H,1-2H3. The maximum absolute atomic E-state index is 13.3. The first-order valence-electron chi connectivity index (χ1n) is 8.77. The Kier molecular flexibility index (Phi) is 4.84. The number of benzene rings is 3. The van der Waals surface area contributed by atoms with E-state index < -0.39 is 0 Å². The Labute approximate surface area is 166 Å². The predicted molar refractivity (Wildman–Crippen MR) is 113 cm³/mol. The third-order valence-electron chi connectivity index (χ3n) is 4.67. The lowest BCUT2D eigenvalue weighted by Gasteiger charge is -2.17. The molecule has 0 aliphatic carbocycles. The number of nitrogens with zero attached hydrogens (tertiary/aromatic N) is 1. The summed E-state index contributed by atoms with van der Waals surface area (Å²) < 4.78 is 19.5. The second-order valence-electron chi connectivity index (χ2n) is 6.40. The third kappa shape index (κ3) is 3.37. The fourth-order valence-electron chi connectivity index (χ4n) is 3.15. The van der Waals surface area contributed by atoms with Crippen molar-refractivity contribution in [2.75, 3.05) is 19.1 Å². The van der Waals surface area contributed by atoms with Crippen molar-refractivity contribution in [3.05, 3.63) is 83.5 Å². The normalized spacial score (nSPS) is 10.8. The van der Waals surface area contributed by atoms with Crippen molar-refractivity contribution in [3.8, 4) is 16.9 Å². The summed E-state index contributed by atoms with van der Waals surface area (Å²) in [6, 6.07) is 21.7. The van der Waals surface area contributed by atoms with Gasteiger partial charge in [-0.1, -0.05) is 30.3 Å². The molecule has 0 spiro atoms. The molecule has 0 bridgehead atoms. The molecular weight excluding hydrogens is 373 g/mol. The van der Waals surface area contributed by atoms with Crippen LogP contribution in [0.25, 0.3) is 21.2 Å². The van der Waals surface area contributed by atoms with Crippen molar-refractivity contribution in [1.29, 1.82) is 0 Å². The fraction of sp³-hybridized carbons (Fsp3) is 0.0870. The summed E-state index contributed by atoms with van der Waals surface area (Å²) in [6.07, 6.45) is 0. The third-order valence-corrected chi connectivity index (χ3v) is 5.76. The van der Waals surface area contributed by atoms with Gasteiger partial charge in [-0.15, -0.1) is 11.3 Å². The second-order valence-corrected chi connectivity index (χ2v) is 7.48. The fourth-order valence-corrected chi connectivity index (χ4v) is 4.21.